The lowest BCUT2D eigenvalue weighted by Crippen LogP contribution is -2.41. The molecule has 0 atom stereocenters. The van der Waals surface area contributed by atoms with Crippen molar-refractivity contribution < 1.29 is 4.39 Å². The number of hydrogen-bond donors (Lipinski definition) is 1. The summed E-state index contributed by atoms with van der Waals surface area (Å²) in [6.45, 7) is 3.22. The van der Waals surface area contributed by atoms with Gasteiger partial charge in [-0.1, -0.05) is 25.0 Å². The van der Waals surface area contributed by atoms with E-state index in [4.69, 9.17) is 0 Å². The molecule has 2 aliphatic carbocycles. The molecule has 0 unspecified atom stereocenters. The third kappa shape index (κ3) is 4.27. The first kappa shape index (κ1) is 15.0. The Kier molecular flexibility index (Phi) is 4.60. The van der Waals surface area contributed by atoms with E-state index in [0.717, 1.165) is 19.1 Å². The molecule has 0 aromatic heterocycles. The van der Waals surface area contributed by atoms with E-state index < -0.39 is 0 Å². The maximum absolute atomic E-state index is 13.0. The van der Waals surface area contributed by atoms with Gasteiger partial charge in [-0.05, 0) is 55.8 Å². The summed E-state index contributed by atoms with van der Waals surface area (Å²) >= 11 is 0. The highest BCUT2D eigenvalue weighted by molar-refractivity contribution is 5.15. The molecule has 0 spiro atoms. The van der Waals surface area contributed by atoms with E-state index in [1.54, 1.807) is 12.1 Å². The summed E-state index contributed by atoms with van der Waals surface area (Å²) in [6, 6.07) is 7.71. The van der Waals surface area contributed by atoms with Gasteiger partial charge < -0.3 is 10.2 Å². The van der Waals surface area contributed by atoms with Crippen molar-refractivity contribution in [3.63, 3.8) is 0 Å². The van der Waals surface area contributed by atoms with Crippen LogP contribution in [0.25, 0.3) is 0 Å². The minimum absolute atomic E-state index is 0.151. The Hall–Kier alpha value is -0.930. The number of nitrogens with one attached hydrogen (secondary N) is 1. The summed E-state index contributed by atoms with van der Waals surface area (Å²) in [4.78, 5) is 2.41. The smallest absolute Gasteiger partial charge is 0.123 e. The van der Waals surface area contributed by atoms with E-state index in [1.807, 2.05) is 12.1 Å². The monoisotopic (exact) mass is 290 g/mol. The molecule has 0 heterocycles. The van der Waals surface area contributed by atoms with Crippen molar-refractivity contribution in [3.8, 4) is 0 Å². The largest absolute Gasteiger partial charge is 0.313 e. The van der Waals surface area contributed by atoms with E-state index in [-0.39, 0.29) is 5.82 Å². The molecule has 1 N–H and O–H groups in total. The quantitative estimate of drug-likeness (QED) is 0.826. The molecule has 0 amide bonds. The zero-order valence-electron chi connectivity index (χ0n) is 13.1. The predicted molar refractivity (Wildman–Crippen MR) is 84.7 cm³/mol. The summed E-state index contributed by atoms with van der Waals surface area (Å²) < 4.78 is 13.0. The molecular formula is C18H27FN2. The molecule has 2 aliphatic rings. The number of rotatable bonds is 7. The van der Waals surface area contributed by atoms with Crippen molar-refractivity contribution in [3.05, 3.63) is 35.6 Å². The Bertz CT molecular complexity index is 447. The summed E-state index contributed by atoms with van der Waals surface area (Å²) in [7, 11) is 2.19. The van der Waals surface area contributed by atoms with E-state index in [9.17, 15) is 4.39 Å². The number of hydrogen-bond acceptors (Lipinski definition) is 2. The average Bonchev–Trinajstić information content (AvgIpc) is 3.19. The lowest BCUT2D eigenvalue weighted by Gasteiger charge is -2.34. The van der Waals surface area contributed by atoms with Crippen LogP contribution in [0.15, 0.2) is 24.3 Å². The Morgan fingerprint density at radius 1 is 1.19 bits per heavy atom. The van der Waals surface area contributed by atoms with Crippen molar-refractivity contribution in [2.45, 2.75) is 51.1 Å². The van der Waals surface area contributed by atoms with Crippen LogP contribution in [0.4, 0.5) is 4.39 Å². The van der Waals surface area contributed by atoms with Gasteiger partial charge in [0.2, 0.25) is 0 Å². The van der Waals surface area contributed by atoms with Gasteiger partial charge in [-0.2, -0.15) is 0 Å². The number of halogens is 1. The fourth-order valence-electron chi connectivity index (χ4n) is 3.69. The van der Waals surface area contributed by atoms with Gasteiger partial charge in [-0.15, -0.1) is 0 Å². The van der Waals surface area contributed by atoms with Gasteiger partial charge in [0.25, 0.3) is 0 Å². The minimum Gasteiger partial charge on any atom is -0.313 e. The van der Waals surface area contributed by atoms with E-state index in [2.05, 4.69) is 17.3 Å². The molecule has 2 saturated carbocycles. The first-order chi connectivity index (χ1) is 10.2. The zero-order chi connectivity index (χ0) is 14.7. The number of benzene rings is 1. The Labute approximate surface area is 127 Å². The Morgan fingerprint density at radius 2 is 1.86 bits per heavy atom. The molecule has 2 nitrogen and oxygen atoms in total. The molecule has 2 fully saturated rings. The van der Waals surface area contributed by atoms with Crippen LogP contribution in [-0.2, 0) is 6.54 Å². The van der Waals surface area contributed by atoms with Gasteiger partial charge >= 0.3 is 0 Å². The maximum Gasteiger partial charge on any atom is 0.123 e. The Balaban J connectivity index is 1.55. The van der Waals surface area contributed by atoms with Crippen LogP contribution in [0.5, 0.6) is 0 Å². The molecule has 1 aromatic rings. The van der Waals surface area contributed by atoms with Crippen LogP contribution in [0.2, 0.25) is 0 Å². The zero-order valence-corrected chi connectivity index (χ0v) is 13.1. The van der Waals surface area contributed by atoms with Gasteiger partial charge in [0.05, 0.1) is 0 Å². The van der Waals surface area contributed by atoms with Gasteiger partial charge in [0.1, 0.15) is 5.82 Å². The second-order valence-electron chi connectivity index (χ2n) is 7.16. The highest BCUT2D eigenvalue weighted by Gasteiger charge is 2.36. The van der Waals surface area contributed by atoms with E-state index in [1.165, 1.54) is 50.6 Å². The molecule has 116 valence electrons. The average molecular weight is 290 g/mol. The molecule has 1 aromatic carbocycles. The third-order valence-corrected chi connectivity index (χ3v) is 4.98. The van der Waals surface area contributed by atoms with Crippen molar-refractivity contribution in [1.29, 1.82) is 0 Å². The number of nitrogens with zero attached hydrogens (tertiary/aromatic N) is 1. The van der Waals surface area contributed by atoms with Crippen molar-refractivity contribution >= 4 is 0 Å². The van der Waals surface area contributed by atoms with Crippen molar-refractivity contribution in [1.82, 2.24) is 10.2 Å². The first-order valence-corrected chi connectivity index (χ1v) is 8.32. The van der Waals surface area contributed by atoms with Crippen LogP contribution < -0.4 is 5.32 Å². The fraction of sp³-hybridized carbons (Fsp3) is 0.667. The Morgan fingerprint density at radius 3 is 2.48 bits per heavy atom. The SMILES string of the molecule is CN(Cc1ccc(F)cc1)CC1(CNC2CC2)CCCC1. The van der Waals surface area contributed by atoms with Gasteiger partial charge in [-0.25, -0.2) is 4.39 Å². The lowest BCUT2D eigenvalue weighted by molar-refractivity contribution is 0.167. The van der Waals surface area contributed by atoms with Crippen LogP contribution >= 0.6 is 0 Å². The van der Waals surface area contributed by atoms with Crippen LogP contribution in [-0.4, -0.2) is 31.1 Å². The molecule has 0 saturated heterocycles. The second-order valence-corrected chi connectivity index (χ2v) is 7.16. The standard InChI is InChI=1S/C18H27FN2/c1-21(12-15-4-6-16(19)7-5-15)14-18(10-2-3-11-18)13-20-17-8-9-17/h4-7,17,20H,2-3,8-14H2,1H3. The molecule has 3 rings (SSSR count). The van der Waals surface area contributed by atoms with Crippen LogP contribution in [0.1, 0.15) is 44.1 Å². The van der Waals surface area contributed by atoms with Crippen LogP contribution in [0.3, 0.4) is 0 Å². The van der Waals surface area contributed by atoms with E-state index >= 15 is 0 Å². The lowest BCUT2D eigenvalue weighted by atomic mass is 9.85. The van der Waals surface area contributed by atoms with Gasteiger partial charge in [0, 0.05) is 25.7 Å². The topological polar surface area (TPSA) is 15.3 Å². The molecule has 21 heavy (non-hydrogen) atoms. The maximum atomic E-state index is 13.0. The second kappa shape index (κ2) is 6.45. The highest BCUT2D eigenvalue weighted by Crippen LogP contribution is 2.39. The normalized spacial score (nSPS) is 21.1. The summed E-state index contributed by atoms with van der Waals surface area (Å²) in [6.07, 6.45) is 8.16. The van der Waals surface area contributed by atoms with Gasteiger partial charge in [0.15, 0.2) is 0 Å². The third-order valence-electron chi connectivity index (χ3n) is 4.98. The minimum atomic E-state index is -0.151. The molecule has 0 bridgehead atoms. The highest BCUT2D eigenvalue weighted by atomic mass is 19.1. The molecule has 3 heteroatoms. The van der Waals surface area contributed by atoms with Crippen LogP contribution in [0, 0.1) is 11.2 Å². The van der Waals surface area contributed by atoms with E-state index in [0.29, 0.717) is 5.41 Å². The molecule has 0 radical (unpaired) electrons. The van der Waals surface area contributed by atoms with Gasteiger partial charge in [-0.3, -0.25) is 0 Å². The summed E-state index contributed by atoms with van der Waals surface area (Å²) in [5.74, 6) is -0.151. The molecule has 0 aliphatic heterocycles. The fourth-order valence-corrected chi connectivity index (χ4v) is 3.69. The summed E-state index contributed by atoms with van der Waals surface area (Å²) in [5, 5.41) is 3.74. The summed E-state index contributed by atoms with van der Waals surface area (Å²) in [5.41, 5.74) is 1.65. The van der Waals surface area contributed by atoms with Crippen molar-refractivity contribution in [2.24, 2.45) is 5.41 Å². The molecular weight excluding hydrogens is 263 g/mol. The first-order valence-electron chi connectivity index (χ1n) is 8.32. The van der Waals surface area contributed by atoms with Crippen molar-refractivity contribution in [2.75, 3.05) is 20.1 Å². The predicted octanol–water partition coefficient (Wildman–Crippen LogP) is 3.57.